The molecule has 1 aromatic heterocycles. The largest absolute Gasteiger partial charge is 0.450 e. The summed E-state index contributed by atoms with van der Waals surface area (Å²) in [5, 5.41) is 1.26. The lowest BCUT2D eigenvalue weighted by molar-refractivity contribution is -0.135. The van der Waals surface area contributed by atoms with Crippen molar-refractivity contribution < 1.29 is 27.2 Å². The van der Waals surface area contributed by atoms with E-state index in [1.807, 2.05) is 12.1 Å². The highest BCUT2D eigenvalue weighted by Crippen LogP contribution is 2.25. The molecular formula is C22H21ClN2O6S. The van der Waals surface area contributed by atoms with Gasteiger partial charge in [-0.1, -0.05) is 29.8 Å². The van der Waals surface area contributed by atoms with E-state index >= 15 is 0 Å². The lowest BCUT2D eigenvalue weighted by Gasteiger charge is -2.33. The van der Waals surface area contributed by atoms with Crippen molar-refractivity contribution in [3.8, 4) is 0 Å². The quantitative estimate of drug-likeness (QED) is 0.525. The van der Waals surface area contributed by atoms with E-state index in [2.05, 4.69) is 0 Å². The number of piperazine rings is 1. The van der Waals surface area contributed by atoms with Crippen LogP contribution in [0.15, 0.2) is 57.8 Å². The Labute approximate surface area is 190 Å². The van der Waals surface area contributed by atoms with Crippen molar-refractivity contribution in [3.05, 3.63) is 64.9 Å². The van der Waals surface area contributed by atoms with E-state index in [1.54, 1.807) is 19.1 Å². The van der Waals surface area contributed by atoms with Crippen LogP contribution in [0, 0.1) is 6.92 Å². The zero-order valence-electron chi connectivity index (χ0n) is 17.3. The van der Waals surface area contributed by atoms with Crippen molar-refractivity contribution in [2.45, 2.75) is 11.8 Å². The van der Waals surface area contributed by atoms with Crippen LogP contribution in [-0.2, 0) is 19.6 Å². The van der Waals surface area contributed by atoms with E-state index in [0.29, 0.717) is 16.2 Å². The second-order valence-electron chi connectivity index (χ2n) is 7.37. The fraction of sp³-hybridized carbons (Fsp3) is 0.273. The number of benzene rings is 2. The van der Waals surface area contributed by atoms with Gasteiger partial charge in [-0.05, 0) is 37.3 Å². The molecule has 2 aromatic carbocycles. The number of para-hydroxylation sites is 1. The van der Waals surface area contributed by atoms with E-state index < -0.39 is 28.5 Å². The van der Waals surface area contributed by atoms with Crippen LogP contribution in [-0.4, -0.2) is 62.3 Å². The van der Waals surface area contributed by atoms with Crippen LogP contribution in [0.25, 0.3) is 11.0 Å². The minimum atomic E-state index is -3.67. The van der Waals surface area contributed by atoms with Crippen LogP contribution in [0.3, 0.4) is 0 Å². The number of halogens is 1. The van der Waals surface area contributed by atoms with Crippen molar-refractivity contribution in [2.24, 2.45) is 0 Å². The third-order valence-corrected chi connectivity index (χ3v) is 7.56. The van der Waals surface area contributed by atoms with Gasteiger partial charge in [-0.15, -0.1) is 0 Å². The molecule has 168 valence electrons. The number of esters is 1. The topological polar surface area (TPSA) is 97.1 Å². The predicted octanol–water partition coefficient (Wildman–Crippen LogP) is 3.08. The molecule has 1 saturated heterocycles. The van der Waals surface area contributed by atoms with Gasteiger partial charge in [-0.25, -0.2) is 13.2 Å². The van der Waals surface area contributed by atoms with Crippen molar-refractivity contribution >= 4 is 44.5 Å². The number of ether oxygens (including phenoxy) is 1. The first-order valence-electron chi connectivity index (χ1n) is 9.96. The number of hydrogen-bond acceptors (Lipinski definition) is 6. The smallest absolute Gasteiger partial charge is 0.375 e. The molecule has 1 aliphatic rings. The molecule has 10 heteroatoms. The van der Waals surface area contributed by atoms with Crippen molar-refractivity contribution in [1.29, 1.82) is 0 Å². The van der Waals surface area contributed by atoms with Crippen LogP contribution in [0.2, 0.25) is 5.02 Å². The standard InChI is InChI=1S/C22H21ClN2O6S/c1-15-18-4-2-3-5-19(18)31-21(15)22(27)30-14-20(26)24-10-12-25(13-11-24)32(28,29)17-8-6-16(23)7-9-17/h2-9H,10-14H2,1H3. The Balaban J connectivity index is 1.33. The average Bonchev–Trinajstić information content (AvgIpc) is 3.14. The van der Waals surface area contributed by atoms with Gasteiger partial charge < -0.3 is 14.1 Å². The zero-order chi connectivity index (χ0) is 22.9. The Bertz CT molecular complexity index is 1260. The van der Waals surface area contributed by atoms with Crippen molar-refractivity contribution in [2.75, 3.05) is 32.8 Å². The molecular weight excluding hydrogens is 456 g/mol. The zero-order valence-corrected chi connectivity index (χ0v) is 18.9. The second kappa shape index (κ2) is 8.93. The highest BCUT2D eigenvalue weighted by molar-refractivity contribution is 7.89. The Morgan fingerprint density at radius 3 is 2.34 bits per heavy atom. The summed E-state index contributed by atoms with van der Waals surface area (Å²) in [4.78, 5) is 26.5. The molecule has 0 radical (unpaired) electrons. The number of carbonyl (C=O) groups is 2. The van der Waals surface area contributed by atoms with E-state index in [-0.39, 0.29) is 36.8 Å². The number of aryl methyl sites for hydroxylation is 1. The number of nitrogens with zero attached hydrogens (tertiary/aromatic N) is 2. The van der Waals surface area contributed by atoms with Crippen LogP contribution in [0.5, 0.6) is 0 Å². The summed E-state index contributed by atoms with van der Waals surface area (Å²) < 4.78 is 37.5. The number of fused-ring (bicyclic) bond motifs is 1. The molecule has 8 nitrogen and oxygen atoms in total. The molecule has 0 N–H and O–H groups in total. The monoisotopic (exact) mass is 476 g/mol. The average molecular weight is 477 g/mol. The first-order chi connectivity index (χ1) is 15.3. The normalized spacial score (nSPS) is 15.1. The van der Waals surface area contributed by atoms with E-state index in [0.717, 1.165) is 5.39 Å². The van der Waals surface area contributed by atoms with Crippen LogP contribution in [0.4, 0.5) is 0 Å². The van der Waals surface area contributed by atoms with E-state index in [9.17, 15) is 18.0 Å². The summed E-state index contributed by atoms with van der Waals surface area (Å²) in [7, 11) is -3.67. The summed E-state index contributed by atoms with van der Waals surface area (Å²) in [5.41, 5.74) is 1.22. The summed E-state index contributed by atoms with van der Waals surface area (Å²) in [6.45, 7) is 2.00. The molecule has 2 heterocycles. The molecule has 0 spiro atoms. The molecule has 0 atom stereocenters. The number of amides is 1. The maximum Gasteiger partial charge on any atom is 0.375 e. The fourth-order valence-corrected chi connectivity index (χ4v) is 5.13. The van der Waals surface area contributed by atoms with Gasteiger partial charge in [0.15, 0.2) is 6.61 Å². The maximum atomic E-state index is 12.8. The van der Waals surface area contributed by atoms with Crippen LogP contribution >= 0.6 is 11.6 Å². The molecule has 3 aromatic rings. The molecule has 4 rings (SSSR count). The van der Waals surface area contributed by atoms with Gasteiger partial charge >= 0.3 is 5.97 Å². The first kappa shape index (κ1) is 22.3. The minimum Gasteiger partial charge on any atom is -0.450 e. The summed E-state index contributed by atoms with van der Waals surface area (Å²) in [6.07, 6.45) is 0. The molecule has 1 amide bonds. The number of sulfonamides is 1. The van der Waals surface area contributed by atoms with Gasteiger partial charge in [0, 0.05) is 42.2 Å². The Hall–Kier alpha value is -2.88. The van der Waals surface area contributed by atoms with Gasteiger partial charge in [-0.2, -0.15) is 4.31 Å². The summed E-state index contributed by atoms with van der Waals surface area (Å²) in [6, 6.07) is 13.2. The van der Waals surface area contributed by atoms with Gasteiger partial charge in [-0.3, -0.25) is 4.79 Å². The third kappa shape index (κ3) is 4.36. The van der Waals surface area contributed by atoms with Crippen LogP contribution in [0.1, 0.15) is 16.1 Å². The molecule has 32 heavy (non-hydrogen) atoms. The third-order valence-electron chi connectivity index (χ3n) is 5.40. The van der Waals surface area contributed by atoms with Gasteiger partial charge in [0.25, 0.3) is 5.91 Å². The maximum absolute atomic E-state index is 12.8. The highest BCUT2D eigenvalue weighted by Gasteiger charge is 2.30. The Kier molecular flexibility index (Phi) is 6.23. The minimum absolute atomic E-state index is 0.0675. The molecule has 0 unspecified atom stereocenters. The van der Waals surface area contributed by atoms with Gasteiger partial charge in [0.1, 0.15) is 5.58 Å². The van der Waals surface area contributed by atoms with Gasteiger partial charge in [0.2, 0.25) is 15.8 Å². The number of furan rings is 1. The predicted molar refractivity (Wildman–Crippen MR) is 118 cm³/mol. The van der Waals surface area contributed by atoms with Crippen LogP contribution < -0.4 is 0 Å². The SMILES string of the molecule is Cc1c(C(=O)OCC(=O)N2CCN(S(=O)(=O)c3ccc(Cl)cc3)CC2)oc2ccccc12. The molecule has 0 saturated carbocycles. The van der Waals surface area contributed by atoms with E-state index in [4.69, 9.17) is 20.8 Å². The molecule has 0 aliphatic carbocycles. The fourth-order valence-electron chi connectivity index (χ4n) is 3.59. The summed E-state index contributed by atoms with van der Waals surface area (Å²) in [5.74, 6) is -1.04. The van der Waals surface area contributed by atoms with Crippen molar-refractivity contribution in [1.82, 2.24) is 9.21 Å². The van der Waals surface area contributed by atoms with E-state index in [1.165, 1.54) is 33.5 Å². The first-order valence-corrected chi connectivity index (χ1v) is 11.8. The molecule has 1 fully saturated rings. The highest BCUT2D eigenvalue weighted by atomic mass is 35.5. The number of carbonyl (C=O) groups excluding carboxylic acids is 2. The number of rotatable bonds is 5. The Morgan fingerprint density at radius 2 is 1.69 bits per heavy atom. The lowest BCUT2D eigenvalue weighted by atomic mass is 10.1. The van der Waals surface area contributed by atoms with Crippen molar-refractivity contribution in [3.63, 3.8) is 0 Å². The number of hydrogen-bond donors (Lipinski definition) is 0. The molecule has 1 aliphatic heterocycles. The summed E-state index contributed by atoms with van der Waals surface area (Å²) >= 11 is 5.83. The lowest BCUT2D eigenvalue weighted by Crippen LogP contribution is -2.51. The molecule has 0 bridgehead atoms. The van der Waals surface area contributed by atoms with Gasteiger partial charge in [0.05, 0.1) is 4.90 Å². The second-order valence-corrected chi connectivity index (χ2v) is 9.74. The Morgan fingerprint density at radius 1 is 1.03 bits per heavy atom.